The van der Waals surface area contributed by atoms with Crippen LogP contribution in [0.15, 0.2) is 22.7 Å². The summed E-state index contributed by atoms with van der Waals surface area (Å²) in [5.74, 6) is 0.645. The number of H-pyrrole nitrogens is 1. The summed E-state index contributed by atoms with van der Waals surface area (Å²) in [5.41, 5.74) is 5.45. The topological polar surface area (TPSA) is 114 Å². The molecule has 0 radical (unpaired) electrons. The van der Waals surface area contributed by atoms with Crippen LogP contribution in [0.25, 0.3) is 0 Å². The molecule has 0 spiro atoms. The molecule has 0 atom stereocenters. The van der Waals surface area contributed by atoms with Gasteiger partial charge >= 0.3 is 0 Å². The van der Waals surface area contributed by atoms with E-state index in [9.17, 15) is 8.42 Å². The molecular weight excluding hydrogens is 274 g/mol. The van der Waals surface area contributed by atoms with Crippen molar-refractivity contribution < 1.29 is 8.42 Å². The van der Waals surface area contributed by atoms with Crippen LogP contribution in [0.1, 0.15) is 10.7 Å². The number of hydrogen-bond acceptors (Lipinski definition) is 6. The third kappa shape index (κ3) is 3.13. The lowest BCUT2D eigenvalue weighted by Gasteiger charge is -2.02. The summed E-state index contributed by atoms with van der Waals surface area (Å²) in [4.78, 5) is 4.75. The average molecular weight is 287 g/mol. The van der Waals surface area contributed by atoms with Gasteiger partial charge in [0.05, 0.1) is 0 Å². The lowest BCUT2D eigenvalue weighted by Crippen LogP contribution is -2.25. The van der Waals surface area contributed by atoms with Crippen molar-refractivity contribution in [3.05, 3.63) is 29.2 Å². The number of nitrogens with one attached hydrogen (secondary N) is 2. The van der Waals surface area contributed by atoms with Gasteiger partial charge in [-0.25, -0.2) is 18.1 Å². The van der Waals surface area contributed by atoms with E-state index in [2.05, 4.69) is 19.9 Å². The zero-order valence-electron chi connectivity index (χ0n) is 9.46. The van der Waals surface area contributed by atoms with Crippen molar-refractivity contribution in [1.82, 2.24) is 19.9 Å². The molecule has 0 amide bonds. The Morgan fingerprint density at radius 3 is 2.89 bits per heavy atom. The van der Waals surface area contributed by atoms with Crippen LogP contribution in [0.4, 0.5) is 0 Å². The van der Waals surface area contributed by atoms with Gasteiger partial charge in [-0.05, 0) is 12.1 Å². The summed E-state index contributed by atoms with van der Waals surface area (Å²) in [6.07, 6.45) is 1.85. The summed E-state index contributed by atoms with van der Waals surface area (Å²) in [6.45, 7) is 0.617. The van der Waals surface area contributed by atoms with Crippen LogP contribution in [0.3, 0.4) is 0 Å². The molecule has 0 bridgehead atoms. The molecule has 0 fully saturated rings. The Morgan fingerprint density at radius 1 is 1.44 bits per heavy atom. The minimum Gasteiger partial charge on any atom is -0.326 e. The summed E-state index contributed by atoms with van der Waals surface area (Å²) >= 11 is 1.18. The van der Waals surface area contributed by atoms with Gasteiger partial charge in [0.1, 0.15) is 16.4 Å². The van der Waals surface area contributed by atoms with Crippen LogP contribution in [-0.2, 0) is 23.0 Å². The van der Waals surface area contributed by atoms with Crippen LogP contribution < -0.4 is 10.5 Å². The van der Waals surface area contributed by atoms with Crippen molar-refractivity contribution in [3.63, 3.8) is 0 Å². The number of aromatic amines is 1. The van der Waals surface area contributed by atoms with Gasteiger partial charge in [-0.3, -0.25) is 5.10 Å². The Balaban J connectivity index is 1.95. The molecule has 0 saturated carbocycles. The summed E-state index contributed by atoms with van der Waals surface area (Å²) in [6, 6.07) is 3.28. The van der Waals surface area contributed by atoms with E-state index in [4.69, 9.17) is 5.73 Å². The van der Waals surface area contributed by atoms with E-state index in [1.54, 1.807) is 12.1 Å². The molecule has 0 aliphatic heterocycles. The van der Waals surface area contributed by atoms with Crippen molar-refractivity contribution in [2.24, 2.45) is 5.73 Å². The number of nitrogens with zero attached hydrogens (tertiary/aromatic N) is 2. The molecule has 4 N–H and O–H groups in total. The van der Waals surface area contributed by atoms with E-state index in [0.29, 0.717) is 18.8 Å². The molecular formula is C9H13N5O2S2. The van der Waals surface area contributed by atoms with Crippen molar-refractivity contribution >= 4 is 21.4 Å². The van der Waals surface area contributed by atoms with Crippen molar-refractivity contribution in [2.45, 2.75) is 17.2 Å². The molecule has 2 aromatic rings. The molecule has 2 rings (SSSR count). The highest BCUT2D eigenvalue weighted by Gasteiger charge is 2.16. The molecule has 0 unspecified atom stereocenters. The normalized spacial score (nSPS) is 11.8. The first-order chi connectivity index (χ1) is 8.62. The highest BCUT2D eigenvalue weighted by Crippen LogP contribution is 2.20. The van der Waals surface area contributed by atoms with Gasteiger partial charge in [0.15, 0.2) is 0 Å². The summed E-state index contributed by atoms with van der Waals surface area (Å²) in [5, 5.41) is 6.35. The van der Waals surface area contributed by atoms with Crippen molar-refractivity contribution in [2.75, 3.05) is 6.54 Å². The minimum atomic E-state index is -3.45. The predicted molar refractivity (Wildman–Crippen MR) is 67.5 cm³/mol. The number of aromatic nitrogens is 3. The molecule has 7 nitrogen and oxygen atoms in total. The largest absolute Gasteiger partial charge is 0.326 e. The Morgan fingerprint density at radius 2 is 2.28 bits per heavy atom. The van der Waals surface area contributed by atoms with Crippen LogP contribution in [-0.4, -0.2) is 30.1 Å². The second kappa shape index (κ2) is 5.57. The van der Waals surface area contributed by atoms with Gasteiger partial charge in [0, 0.05) is 24.4 Å². The van der Waals surface area contributed by atoms with E-state index < -0.39 is 10.0 Å². The molecule has 0 aliphatic rings. The van der Waals surface area contributed by atoms with Gasteiger partial charge in [-0.15, -0.1) is 11.3 Å². The van der Waals surface area contributed by atoms with Crippen LogP contribution in [0, 0.1) is 0 Å². The monoisotopic (exact) mass is 287 g/mol. The molecule has 9 heteroatoms. The van der Waals surface area contributed by atoms with Gasteiger partial charge in [0.2, 0.25) is 10.0 Å². The van der Waals surface area contributed by atoms with Gasteiger partial charge < -0.3 is 5.73 Å². The van der Waals surface area contributed by atoms with Crippen LogP contribution >= 0.6 is 11.3 Å². The fourth-order valence-electron chi connectivity index (χ4n) is 1.34. The van der Waals surface area contributed by atoms with E-state index in [1.165, 1.54) is 17.7 Å². The lowest BCUT2D eigenvalue weighted by molar-refractivity contribution is 0.583. The standard InChI is InChI=1S/C9H13N5O2S2/c10-5-7-1-2-9(17-7)18(15,16)13-4-3-8-11-6-12-14-8/h1-2,6,13H,3-5,10H2,(H,11,12,14). The molecule has 2 aromatic heterocycles. The van der Waals surface area contributed by atoms with E-state index in [-0.39, 0.29) is 10.8 Å². The number of thiophene rings is 1. The Kier molecular flexibility index (Phi) is 4.07. The van der Waals surface area contributed by atoms with Crippen molar-refractivity contribution in [3.8, 4) is 0 Å². The SMILES string of the molecule is NCc1ccc(S(=O)(=O)NCCc2ncn[nH]2)s1. The zero-order valence-corrected chi connectivity index (χ0v) is 11.1. The Labute approximate surface area is 108 Å². The third-order valence-corrected chi connectivity index (χ3v) is 5.28. The zero-order chi connectivity index (χ0) is 13.0. The summed E-state index contributed by atoms with van der Waals surface area (Å²) < 4.78 is 26.6. The Bertz CT molecular complexity index is 590. The van der Waals surface area contributed by atoms with Crippen LogP contribution in [0.5, 0.6) is 0 Å². The molecule has 18 heavy (non-hydrogen) atoms. The first kappa shape index (κ1) is 13.1. The second-order valence-corrected chi connectivity index (χ2v) is 6.67. The smallest absolute Gasteiger partial charge is 0.250 e. The summed E-state index contributed by atoms with van der Waals surface area (Å²) in [7, 11) is -3.45. The predicted octanol–water partition coefficient (Wildman–Crippen LogP) is -0.154. The van der Waals surface area contributed by atoms with Crippen molar-refractivity contribution in [1.29, 1.82) is 0 Å². The molecule has 0 aromatic carbocycles. The average Bonchev–Trinajstić information content (AvgIpc) is 2.99. The van der Waals surface area contributed by atoms with Gasteiger partial charge in [-0.2, -0.15) is 5.10 Å². The number of hydrogen-bond donors (Lipinski definition) is 3. The fraction of sp³-hybridized carbons (Fsp3) is 0.333. The Hall–Kier alpha value is -1.29. The highest BCUT2D eigenvalue weighted by molar-refractivity contribution is 7.91. The highest BCUT2D eigenvalue weighted by atomic mass is 32.2. The molecule has 0 aliphatic carbocycles. The van der Waals surface area contributed by atoms with E-state index >= 15 is 0 Å². The minimum absolute atomic E-state index is 0.271. The number of nitrogens with two attached hydrogens (primary N) is 1. The molecule has 0 saturated heterocycles. The molecule has 2 heterocycles. The van der Waals surface area contributed by atoms with Gasteiger partial charge in [-0.1, -0.05) is 0 Å². The fourth-order valence-corrected chi connectivity index (χ4v) is 3.65. The second-order valence-electron chi connectivity index (χ2n) is 3.50. The quantitative estimate of drug-likeness (QED) is 0.683. The van der Waals surface area contributed by atoms with E-state index in [1.807, 2.05) is 0 Å². The maximum absolute atomic E-state index is 11.9. The number of rotatable bonds is 6. The van der Waals surface area contributed by atoms with E-state index in [0.717, 1.165) is 4.88 Å². The number of sulfonamides is 1. The van der Waals surface area contributed by atoms with Gasteiger partial charge in [0.25, 0.3) is 0 Å². The maximum atomic E-state index is 11.9. The lowest BCUT2D eigenvalue weighted by atomic mass is 10.4. The first-order valence-electron chi connectivity index (χ1n) is 5.24. The first-order valence-corrected chi connectivity index (χ1v) is 7.54. The van der Waals surface area contributed by atoms with Crippen LogP contribution in [0.2, 0.25) is 0 Å². The maximum Gasteiger partial charge on any atom is 0.250 e. The third-order valence-electron chi connectivity index (χ3n) is 2.22. The molecule has 98 valence electrons.